The summed E-state index contributed by atoms with van der Waals surface area (Å²) < 4.78 is 10.2. The topological polar surface area (TPSA) is 51.6 Å². The third kappa shape index (κ3) is 3.58. The van der Waals surface area contributed by atoms with Crippen molar-refractivity contribution in [2.45, 2.75) is 26.1 Å². The van der Waals surface area contributed by atoms with Crippen LogP contribution in [0.5, 0.6) is 0 Å². The monoisotopic (exact) mass is 211 g/mol. The van der Waals surface area contributed by atoms with E-state index >= 15 is 0 Å². The van der Waals surface area contributed by atoms with Gasteiger partial charge in [-0.3, -0.25) is 4.98 Å². The van der Waals surface area contributed by atoms with E-state index in [0.717, 1.165) is 5.56 Å². The molecule has 1 aromatic heterocycles. The Morgan fingerprint density at radius 3 is 2.60 bits per heavy atom. The molecule has 1 aromatic rings. The molecule has 0 amide bonds. The molecule has 0 spiro atoms. The van der Waals surface area contributed by atoms with E-state index in [0.29, 0.717) is 5.69 Å². The summed E-state index contributed by atoms with van der Waals surface area (Å²) >= 11 is 0. The number of aromatic nitrogens is 1. The number of methoxy groups -OCH3 is 1. The third-order valence-corrected chi connectivity index (χ3v) is 2.14. The Bertz CT molecular complexity index is 284. The van der Waals surface area contributed by atoms with E-state index in [1.54, 1.807) is 26.3 Å². The highest BCUT2D eigenvalue weighted by atomic mass is 16.7. The van der Waals surface area contributed by atoms with Crippen molar-refractivity contribution in [3.63, 3.8) is 0 Å². The Balaban J connectivity index is 2.62. The van der Waals surface area contributed by atoms with Gasteiger partial charge in [-0.25, -0.2) is 0 Å². The first-order valence-corrected chi connectivity index (χ1v) is 4.89. The maximum atomic E-state index is 9.28. The molecule has 4 heteroatoms. The first kappa shape index (κ1) is 12.1. The van der Waals surface area contributed by atoms with Crippen molar-refractivity contribution in [1.29, 1.82) is 0 Å². The molecule has 0 radical (unpaired) electrons. The van der Waals surface area contributed by atoms with Crippen LogP contribution in [0.4, 0.5) is 0 Å². The highest BCUT2D eigenvalue weighted by molar-refractivity contribution is 5.17. The minimum absolute atomic E-state index is 0.0551. The summed E-state index contributed by atoms with van der Waals surface area (Å²) in [6, 6.07) is 3.70. The standard InChI is InChI=1S/C11H17NO3/c1-8(13)11-5-4-10(6-12-11)9(2)15-7-14-3/h4-6,8-9,13H,7H2,1-3H3. The normalized spacial score (nSPS) is 14.9. The Labute approximate surface area is 89.9 Å². The van der Waals surface area contributed by atoms with Crippen molar-refractivity contribution < 1.29 is 14.6 Å². The quantitative estimate of drug-likeness (QED) is 0.755. The summed E-state index contributed by atoms with van der Waals surface area (Å²) in [5.74, 6) is 0. The maximum Gasteiger partial charge on any atom is 0.147 e. The first-order valence-electron chi connectivity index (χ1n) is 4.89. The molecular weight excluding hydrogens is 194 g/mol. The molecule has 84 valence electrons. The van der Waals surface area contributed by atoms with Crippen molar-refractivity contribution in [1.82, 2.24) is 4.98 Å². The van der Waals surface area contributed by atoms with Gasteiger partial charge in [-0.05, 0) is 25.5 Å². The molecule has 0 bridgehead atoms. The number of ether oxygens (including phenoxy) is 2. The second-order valence-electron chi connectivity index (χ2n) is 3.41. The van der Waals surface area contributed by atoms with Gasteiger partial charge in [0.1, 0.15) is 6.79 Å². The summed E-state index contributed by atoms with van der Waals surface area (Å²) in [6.45, 7) is 3.88. The van der Waals surface area contributed by atoms with Gasteiger partial charge in [-0.15, -0.1) is 0 Å². The number of nitrogens with zero attached hydrogens (tertiary/aromatic N) is 1. The number of pyridine rings is 1. The van der Waals surface area contributed by atoms with E-state index < -0.39 is 6.10 Å². The van der Waals surface area contributed by atoms with E-state index in [2.05, 4.69) is 4.98 Å². The lowest BCUT2D eigenvalue weighted by molar-refractivity contribution is -0.0667. The summed E-state index contributed by atoms with van der Waals surface area (Å²) in [7, 11) is 1.58. The zero-order valence-electron chi connectivity index (χ0n) is 9.30. The minimum atomic E-state index is -0.533. The second kappa shape index (κ2) is 5.80. The van der Waals surface area contributed by atoms with Crippen molar-refractivity contribution in [2.75, 3.05) is 13.9 Å². The van der Waals surface area contributed by atoms with Gasteiger partial charge in [0.25, 0.3) is 0 Å². The largest absolute Gasteiger partial charge is 0.387 e. The highest BCUT2D eigenvalue weighted by Crippen LogP contribution is 2.17. The van der Waals surface area contributed by atoms with Crippen molar-refractivity contribution in [3.05, 3.63) is 29.6 Å². The zero-order chi connectivity index (χ0) is 11.3. The number of aliphatic hydroxyl groups excluding tert-OH is 1. The molecule has 4 nitrogen and oxygen atoms in total. The van der Waals surface area contributed by atoms with Crippen LogP contribution in [-0.4, -0.2) is 24.0 Å². The van der Waals surface area contributed by atoms with Crippen LogP contribution < -0.4 is 0 Å². The molecule has 1 N–H and O–H groups in total. The van der Waals surface area contributed by atoms with E-state index in [1.807, 2.05) is 13.0 Å². The average Bonchev–Trinajstić information content (AvgIpc) is 2.26. The first-order chi connectivity index (χ1) is 7.15. The zero-order valence-corrected chi connectivity index (χ0v) is 9.30. The van der Waals surface area contributed by atoms with E-state index in [1.165, 1.54) is 0 Å². The molecule has 0 aliphatic rings. The van der Waals surface area contributed by atoms with Gasteiger partial charge in [0.05, 0.1) is 17.9 Å². The minimum Gasteiger partial charge on any atom is -0.387 e. The molecule has 15 heavy (non-hydrogen) atoms. The molecule has 0 saturated carbocycles. The fourth-order valence-electron chi connectivity index (χ4n) is 1.17. The van der Waals surface area contributed by atoms with Gasteiger partial charge >= 0.3 is 0 Å². The summed E-state index contributed by atoms with van der Waals surface area (Å²) in [4.78, 5) is 4.14. The fraction of sp³-hybridized carbons (Fsp3) is 0.545. The molecule has 0 aliphatic carbocycles. The van der Waals surface area contributed by atoms with E-state index in [-0.39, 0.29) is 12.9 Å². The molecule has 2 atom stereocenters. The Kier molecular flexibility index (Phi) is 4.68. The maximum absolute atomic E-state index is 9.28. The van der Waals surface area contributed by atoms with Gasteiger partial charge in [-0.1, -0.05) is 6.07 Å². The summed E-state index contributed by atoms with van der Waals surface area (Å²) in [5, 5.41) is 9.28. The van der Waals surface area contributed by atoms with Gasteiger partial charge in [0.2, 0.25) is 0 Å². The van der Waals surface area contributed by atoms with Crippen molar-refractivity contribution in [3.8, 4) is 0 Å². The molecule has 0 fully saturated rings. The molecule has 0 saturated heterocycles. The van der Waals surface area contributed by atoms with Gasteiger partial charge in [0, 0.05) is 13.3 Å². The van der Waals surface area contributed by atoms with E-state index in [9.17, 15) is 5.11 Å². The molecule has 0 aliphatic heterocycles. The Morgan fingerprint density at radius 1 is 1.40 bits per heavy atom. The SMILES string of the molecule is COCOC(C)c1ccc(C(C)O)nc1. The second-order valence-corrected chi connectivity index (χ2v) is 3.41. The van der Waals surface area contributed by atoms with Crippen molar-refractivity contribution >= 4 is 0 Å². The van der Waals surface area contributed by atoms with Crippen LogP contribution in [0.15, 0.2) is 18.3 Å². The van der Waals surface area contributed by atoms with Crippen LogP contribution in [0.3, 0.4) is 0 Å². The molecule has 0 aromatic carbocycles. The summed E-state index contributed by atoms with van der Waals surface area (Å²) in [5.41, 5.74) is 1.63. The van der Waals surface area contributed by atoms with Gasteiger partial charge in [-0.2, -0.15) is 0 Å². The fourth-order valence-corrected chi connectivity index (χ4v) is 1.17. The van der Waals surface area contributed by atoms with Crippen LogP contribution in [-0.2, 0) is 9.47 Å². The van der Waals surface area contributed by atoms with Crippen LogP contribution in [0.2, 0.25) is 0 Å². The van der Waals surface area contributed by atoms with Crippen LogP contribution in [0.25, 0.3) is 0 Å². The third-order valence-electron chi connectivity index (χ3n) is 2.14. The van der Waals surface area contributed by atoms with Crippen molar-refractivity contribution in [2.24, 2.45) is 0 Å². The predicted octanol–water partition coefficient (Wildman–Crippen LogP) is 1.82. The highest BCUT2D eigenvalue weighted by Gasteiger charge is 2.07. The number of hydrogen-bond acceptors (Lipinski definition) is 4. The molecule has 2 unspecified atom stereocenters. The molecule has 1 heterocycles. The lowest BCUT2D eigenvalue weighted by atomic mass is 10.1. The molecule has 1 rings (SSSR count). The lowest BCUT2D eigenvalue weighted by Gasteiger charge is -2.13. The Morgan fingerprint density at radius 2 is 2.13 bits per heavy atom. The smallest absolute Gasteiger partial charge is 0.147 e. The summed E-state index contributed by atoms with van der Waals surface area (Å²) in [6.07, 6.45) is 1.12. The predicted molar refractivity (Wildman–Crippen MR) is 56.2 cm³/mol. The number of rotatable bonds is 5. The van der Waals surface area contributed by atoms with Crippen LogP contribution in [0, 0.1) is 0 Å². The number of hydrogen-bond donors (Lipinski definition) is 1. The van der Waals surface area contributed by atoms with E-state index in [4.69, 9.17) is 9.47 Å². The van der Waals surface area contributed by atoms with Gasteiger partial charge in [0.15, 0.2) is 0 Å². The van der Waals surface area contributed by atoms with Gasteiger partial charge < -0.3 is 14.6 Å². The Hall–Kier alpha value is -0.970. The van der Waals surface area contributed by atoms with Crippen LogP contribution >= 0.6 is 0 Å². The lowest BCUT2D eigenvalue weighted by Crippen LogP contribution is -2.04. The number of aliphatic hydroxyl groups is 1. The molecular formula is C11H17NO3. The average molecular weight is 211 g/mol. The van der Waals surface area contributed by atoms with Crippen LogP contribution in [0.1, 0.15) is 37.3 Å².